The molecular formula is C13H18N6O3. The molecule has 9 heteroatoms. The number of carbonyl (C=O) groups is 1. The molecule has 1 amide bonds. The molecule has 118 valence electrons. The van der Waals surface area contributed by atoms with Crippen LogP contribution in [-0.4, -0.2) is 36.9 Å². The van der Waals surface area contributed by atoms with Gasteiger partial charge in [-0.05, 0) is 31.3 Å². The van der Waals surface area contributed by atoms with Gasteiger partial charge in [-0.15, -0.1) is 4.68 Å². The van der Waals surface area contributed by atoms with Crippen molar-refractivity contribution >= 4 is 11.7 Å². The van der Waals surface area contributed by atoms with E-state index in [0.29, 0.717) is 18.8 Å². The Morgan fingerprint density at radius 2 is 2.18 bits per heavy atom. The molecule has 0 aliphatic rings. The molecule has 0 fully saturated rings. The highest BCUT2D eigenvalue weighted by molar-refractivity contribution is 5.75. The SMILES string of the molecule is Cc1cc([N+](=O)[O-])n(CC(=O)NCCCn2nccc2C)n1. The Bertz CT molecular complexity index is 675. The van der Waals surface area contributed by atoms with Gasteiger partial charge < -0.3 is 15.4 Å². The zero-order valence-corrected chi connectivity index (χ0v) is 12.5. The lowest BCUT2D eigenvalue weighted by atomic mass is 10.4. The van der Waals surface area contributed by atoms with Crippen molar-refractivity contribution in [2.45, 2.75) is 33.4 Å². The van der Waals surface area contributed by atoms with Crippen molar-refractivity contribution in [3.05, 3.63) is 39.8 Å². The molecule has 2 aromatic heterocycles. The van der Waals surface area contributed by atoms with Crippen molar-refractivity contribution in [2.75, 3.05) is 6.54 Å². The molecule has 0 unspecified atom stereocenters. The third-order valence-electron chi connectivity index (χ3n) is 3.16. The summed E-state index contributed by atoms with van der Waals surface area (Å²) in [4.78, 5) is 22.1. The molecule has 0 aliphatic carbocycles. The number of carbonyl (C=O) groups excluding carboxylic acids is 1. The smallest absolute Gasteiger partial charge is 0.345 e. The predicted molar refractivity (Wildman–Crippen MR) is 78.2 cm³/mol. The zero-order chi connectivity index (χ0) is 16.1. The second-order valence-electron chi connectivity index (χ2n) is 4.96. The number of amides is 1. The summed E-state index contributed by atoms with van der Waals surface area (Å²) in [6, 6.07) is 3.26. The first-order chi connectivity index (χ1) is 10.5. The van der Waals surface area contributed by atoms with Gasteiger partial charge in [0.15, 0.2) is 6.54 Å². The number of nitrogens with zero attached hydrogens (tertiary/aromatic N) is 5. The predicted octanol–water partition coefficient (Wildman–Crippen LogP) is 0.811. The average Bonchev–Trinajstić information content (AvgIpc) is 3.01. The van der Waals surface area contributed by atoms with E-state index in [1.54, 1.807) is 13.1 Å². The molecule has 2 rings (SSSR count). The van der Waals surface area contributed by atoms with Crippen LogP contribution in [0.2, 0.25) is 0 Å². The number of hydrogen-bond donors (Lipinski definition) is 1. The van der Waals surface area contributed by atoms with E-state index in [1.807, 2.05) is 17.7 Å². The summed E-state index contributed by atoms with van der Waals surface area (Å²) < 4.78 is 2.95. The second kappa shape index (κ2) is 6.83. The molecule has 0 saturated carbocycles. The van der Waals surface area contributed by atoms with E-state index >= 15 is 0 Å². The molecule has 0 saturated heterocycles. The summed E-state index contributed by atoms with van der Waals surface area (Å²) >= 11 is 0. The minimum absolute atomic E-state index is 0.162. The van der Waals surface area contributed by atoms with Crippen molar-refractivity contribution < 1.29 is 9.72 Å². The van der Waals surface area contributed by atoms with Crippen LogP contribution in [0.25, 0.3) is 0 Å². The van der Waals surface area contributed by atoms with Crippen LogP contribution in [0.15, 0.2) is 18.3 Å². The molecule has 0 spiro atoms. The number of rotatable bonds is 7. The fraction of sp³-hybridized carbons (Fsp3) is 0.462. The largest absolute Gasteiger partial charge is 0.358 e. The fourth-order valence-corrected chi connectivity index (χ4v) is 2.08. The van der Waals surface area contributed by atoms with Crippen LogP contribution < -0.4 is 5.32 Å². The van der Waals surface area contributed by atoms with E-state index in [0.717, 1.165) is 16.8 Å². The number of nitro groups is 1. The maximum absolute atomic E-state index is 11.8. The van der Waals surface area contributed by atoms with Gasteiger partial charge in [0.1, 0.15) is 0 Å². The Kier molecular flexibility index (Phi) is 4.87. The average molecular weight is 306 g/mol. The Labute approximate surface area is 127 Å². The van der Waals surface area contributed by atoms with Gasteiger partial charge in [0.05, 0.1) is 11.8 Å². The van der Waals surface area contributed by atoms with Crippen molar-refractivity contribution in [1.82, 2.24) is 24.9 Å². The Balaban J connectivity index is 1.79. The summed E-state index contributed by atoms with van der Waals surface area (Å²) in [5.41, 5.74) is 1.57. The van der Waals surface area contributed by atoms with Crippen molar-refractivity contribution in [3.63, 3.8) is 0 Å². The lowest BCUT2D eigenvalue weighted by molar-refractivity contribution is -0.392. The van der Waals surface area contributed by atoms with Crippen LogP contribution in [0.4, 0.5) is 5.82 Å². The molecule has 22 heavy (non-hydrogen) atoms. The normalized spacial score (nSPS) is 10.6. The fourth-order valence-electron chi connectivity index (χ4n) is 2.08. The van der Waals surface area contributed by atoms with Gasteiger partial charge in [-0.2, -0.15) is 5.10 Å². The van der Waals surface area contributed by atoms with E-state index < -0.39 is 4.92 Å². The van der Waals surface area contributed by atoms with Crippen LogP contribution in [0.3, 0.4) is 0 Å². The van der Waals surface area contributed by atoms with E-state index in [-0.39, 0.29) is 18.3 Å². The standard InChI is InChI=1S/C13H18N6O3/c1-10-8-13(19(21)22)18(16-10)9-12(20)14-5-3-7-17-11(2)4-6-15-17/h4,6,8H,3,5,7,9H2,1-2H3,(H,14,20). The molecule has 0 atom stereocenters. The number of aromatic nitrogens is 4. The first-order valence-corrected chi connectivity index (χ1v) is 6.91. The quantitative estimate of drug-likeness (QED) is 0.462. The number of hydrogen-bond acceptors (Lipinski definition) is 5. The molecule has 0 bridgehead atoms. The first kappa shape index (κ1) is 15.7. The third kappa shape index (κ3) is 3.90. The minimum Gasteiger partial charge on any atom is -0.358 e. The topological polar surface area (TPSA) is 108 Å². The van der Waals surface area contributed by atoms with Gasteiger partial charge in [0.25, 0.3) is 5.91 Å². The maximum atomic E-state index is 11.8. The van der Waals surface area contributed by atoms with Gasteiger partial charge in [0.2, 0.25) is 0 Å². The Morgan fingerprint density at radius 3 is 2.82 bits per heavy atom. The maximum Gasteiger partial charge on any atom is 0.345 e. The third-order valence-corrected chi connectivity index (χ3v) is 3.16. The van der Waals surface area contributed by atoms with Crippen molar-refractivity contribution in [1.29, 1.82) is 0 Å². The number of aryl methyl sites for hydroxylation is 3. The molecule has 2 aromatic rings. The van der Waals surface area contributed by atoms with Crippen molar-refractivity contribution in [3.8, 4) is 0 Å². The summed E-state index contributed by atoms with van der Waals surface area (Å²) in [5.74, 6) is -0.483. The second-order valence-corrected chi connectivity index (χ2v) is 4.96. The Hall–Kier alpha value is -2.71. The molecule has 2 heterocycles. The monoisotopic (exact) mass is 306 g/mol. The minimum atomic E-state index is -0.548. The van der Waals surface area contributed by atoms with Crippen LogP contribution in [-0.2, 0) is 17.9 Å². The van der Waals surface area contributed by atoms with E-state index in [1.165, 1.54) is 6.07 Å². The lowest BCUT2D eigenvalue weighted by Crippen LogP contribution is -2.29. The van der Waals surface area contributed by atoms with Crippen LogP contribution in [0.5, 0.6) is 0 Å². The molecular weight excluding hydrogens is 288 g/mol. The van der Waals surface area contributed by atoms with Gasteiger partial charge >= 0.3 is 5.82 Å². The van der Waals surface area contributed by atoms with E-state index in [2.05, 4.69) is 15.5 Å². The summed E-state index contributed by atoms with van der Waals surface area (Å²) in [6.45, 7) is 4.63. The highest BCUT2D eigenvalue weighted by atomic mass is 16.6. The molecule has 9 nitrogen and oxygen atoms in total. The van der Waals surface area contributed by atoms with Gasteiger partial charge in [-0.1, -0.05) is 5.10 Å². The Morgan fingerprint density at radius 1 is 1.41 bits per heavy atom. The van der Waals surface area contributed by atoms with Crippen LogP contribution in [0, 0.1) is 24.0 Å². The zero-order valence-electron chi connectivity index (χ0n) is 12.5. The molecule has 1 N–H and O–H groups in total. The van der Waals surface area contributed by atoms with Crippen molar-refractivity contribution in [2.24, 2.45) is 0 Å². The highest BCUT2D eigenvalue weighted by Gasteiger charge is 2.19. The van der Waals surface area contributed by atoms with E-state index in [9.17, 15) is 14.9 Å². The van der Waals surface area contributed by atoms with Crippen LogP contribution in [0.1, 0.15) is 17.8 Å². The summed E-state index contributed by atoms with van der Waals surface area (Å²) in [7, 11) is 0. The van der Waals surface area contributed by atoms with Crippen LogP contribution >= 0.6 is 0 Å². The molecule has 0 aliphatic heterocycles. The van der Waals surface area contributed by atoms with Gasteiger partial charge in [-0.3, -0.25) is 9.48 Å². The van der Waals surface area contributed by atoms with Gasteiger partial charge in [-0.25, -0.2) is 0 Å². The van der Waals surface area contributed by atoms with Gasteiger partial charge in [0, 0.05) is 25.0 Å². The summed E-state index contributed by atoms with van der Waals surface area (Å²) in [5, 5.41) is 21.7. The van der Waals surface area contributed by atoms with E-state index in [4.69, 9.17) is 0 Å². The molecule has 0 radical (unpaired) electrons. The number of nitrogens with one attached hydrogen (secondary N) is 1. The highest BCUT2D eigenvalue weighted by Crippen LogP contribution is 2.12. The lowest BCUT2D eigenvalue weighted by Gasteiger charge is -2.06. The first-order valence-electron chi connectivity index (χ1n) is 6.91. The molecule has 0 aromatic carbocycles. The summed E-state index contributed by atoms with van der Waals surface area (Å²) in [6.07, 6.45) is 2.46.